The van der Waals surface area contributed by atoms with Gasteiger partial charge in [0.15, 0.2) is 0 Å². The molecular formula is C23H28N2O2. The van der Waals surface area contributed by atoms with Crippen molar-refractivity contribution in [3.05, 3.63) is 53.6 Å². The zero-order valence-electron chi connectivity index (χ0n) is 16.2. The maximum absolute atomic E-state index is 11.7. The van der Waals surface area contributed by atoms with Crippen molar-refractivity contribution in [1.29, 1.82) is 0 Å². The van der Waals surface area contributed by atoms with E-state index in [1.54, 1.807) is 4.90 Å². The zero-order chi connectivity index (χ0) is 19.0. The average molecular weight is 364 g/mol. The zero-order valence-corrected chi connectivity index (χ0v) is 16.2. The van der Waals surface area contributed by atoms with Crippen molar-refractivity contribution in [3.63, 3.8) is 0 Å². The Kier molecular flexibility index (Phi) is 4.92. The first-order valence-corrected chi connectivity index (χ1v) is 9.92. The lowest BCUT2D eigenvalue weighted by Crippen LogP contribution is -2.40. The topological polar surface area (TPSA) is 43.8 Å². The van der Waals surface area contributed by atoms with Crippen LogP contribution in [0.4, 0.5) is 4.79 Å². The lowest BCUT2D eigenvalue weighted by Gasteiger charge is -2.37. The molecular weight excluding hydrogens is 336 g/mol. The summed E-state index contributed by atoms with van der Waals surface area (Å²) in [5.41, 5.74) is 3.82. The van der Waals surface area contributed by atoms with Gasteiger partial charge in [0.2, 0.25) is 0 Å². The number of carboxylic acid groups (broad SMARTS) is 1. The Morgan fingerprint density at radius 3 is 2.67 bits per heavy atom. The molecule has 2 atom stereocenters. The van der Waals surface area contributed by atoms with E-state index in [2.05, 4.69) is 61.3 Å². The van der Waals surface area contributed by atoms with Gasteiger partial charge in [-0.25, -0.2) is 4.79 Å². The number of rotatable bonds is 2. The van der Waals surface area contributed by atoms with Crippen molar-refractivity contribution < 1.29 is 9.90 Å². The molecule has 2 aliphatic heterocycles. The third-order valence-electron chi connectivity index (χ3n) is 6.10. The number of likely N-dealkylation sites (N-methyl/N-ethyl adjacent to an activating group) is 1. The molecule has 2 heterocycles. The smallest absolute Gasteiger partial charge is 0.407 e. The van der Waals surface area contributed by atoms with Crippen LogP contribution in [0.2, 0.25) is 0 Å². The van der Waals surface area contributed by atoms with E-state index in [4.69, 9.17) is 0 Å². The highest BCUT2D eigenvalue weighted by molar-refractivity contribution is 5.87. The molecule has 1 saturated heterocycles. The molecule has 2 aromatic rings. The van der Waals surface area contributed by atoms with Gasteiger partial charge in [-0.2, -0.15) is 0 Å². The van der Waals surface area contributed by atoms with Crippen LogP contribution in [-0.2, 0) is 0 Å². The van der Waals surface area contributed by atoms with E-state index in [9.17, 15) is 9.90 Å². The summed E-state index contributed by atoms with van der Waals surface area (Å²) in [6, 6.07) is 13.1. The van der Waals surface area contributed by atoms with Crippen molar-refractivity contribution >= 4 is 22.4 Å². The Morgan fingerprint density at radius 1 is 1.11 bits per heavy atom. The molecule has 0 bridgehead atoms. The van der Waals surface area contributed by atoms with Crippen molar-refractivity contribution in [1.82, 2.24) is 9.80 Å². The molecule has 1 fully saturated rings. The second-order valence-electron chi connectivity index (χ2n) is 8.20. The second-order valence-corrected chi connectivity index (χ2v) is 8.20. The molecule has 2 aliphatic rings. The Balaban J connectivity index is 1.67. The maximum Gasteiger partial charge on any atom is 0.407 e. The fraction of sp³-hybridized carbons (Fsp3) is 0.435. The number of carbonyl (C=O) groups is 1. The summed E-state index contributed by atoms with van der Waals surface area (Å²) in [6.45, 7) is 4.85. The van der Waals surface area contributed by atoms with E-state index in [1.807, 2.05) is 0 Å². The Morgan fingerprint density at radius 2 is 1.93 bits per heavy atom. The number of nitrogens with zero attached hydrogens (tertiary/aromatic N) is 2. The summed E-state index contributed by atoms with van der Waals surface area (Å²) in [5, 5.41) is 12.1. The highest BCUT2D eigenvalue weighted by atomic mass is 16.4. The van der Waals surface area contributed by atoms with Gasteiger partial charge in [0, 0.05) is 19.6 Å². The van der Waals surface area contributed by atoms with Crippen molar-refractivity contribution in [2.75, 3.05) is 26.7 Å². The van der Waals surface area contributed by atoms with E-state index in [1.165, 1.54) is 21.9 Å². The molecule has 1 amide bonds. The minimum atomic E-state index is -0.808. The molecule has 142 valence electrons. The van der Waals surface area contributed by atoms with Crippen LogP contribution in [0.5, 0.6) is 0 Å². The lowest BCUT2D eigenvalue weighted by molar-refractivity contribution is 0.0900. The summed E-state index contributed by atoms with van der Waals surface area (Å²) >= 11 is 0. The predicted octanol–water partition coefficient (Wildman–Crippen LogP) is 5.01. The van der Waals surface area contributed by atoms with Gasteiger partial charge in [-0.1, -0.05) is 37.3 Å². The number of hydrogen-bond acceptors (Lipinski definition) is 2. The fourth-order valence-corrected chi connectivity index (χ4v) is 4.42. The fourth-order valence-electron chi connectivity index (χ4n) is 4.42. The summed E-state index contributed by atoms with van der Waals surface area (Å²) < 4.78 is 0. The van der Waals surface area contributed by atoms with Gasteiger partial charge in [0.05, 0.1) is 6.04 Å². The molecule has 2 aromatic carbocycles. The first-order valence-electron chi connectivity index (χ1n) is 9.92. The van der Waals surface area contributed by atoms with E-state index in [-0.39, 0.29) is 6.04 Å². The van der Waals surface area contributed by atoms with Gasteiger partial charge >= 0.3 is 6.09 Å². The SMILES string of the molecule is C[C@H]1CC[C@H](c2ccc3ccc(C4=CCN(C)CC4)cc3c2)N(C(=O)O)C1. The van der Waals surface area contributed by atoms with Gasteiger partial charge in [-0.05, 0) is 71.8 Å². The van der Waals surface area contributed by atoms with Crippen LogP contribution >= 0.6 is 0 Å². The van der Waals surface area contributed by atoms with Crippen molar-refractivity contribution in [2.45, 2.75) is 32.2 Å². The molecule has 0 aliphatic carbocycles. The molecule has 27 heavy (non-hydrogen) atoms. The highest BCUT2D eigenvalue weighted by Crippen LogP contribution is 2.35. The lowest BCUT2D eigenvalue weighted by atomic mass is 9.89. The highest BCUT2D eigenvalue weighted by Gasteiger charge is 2.30. The third kappa shape index (κ3) is 3.72. The number of likely N-dealkylation sites (tertiary alicyclic amines) is 1. The first kappa shape index (κ1) is 18.1. The number of benzene rings is 2. The monoisotopic (exact) mass is 364 g/mol. The van der Waals surface area contributed by atoms with Crippen molar-refractivity contribution in [3.8, 4) is 0 Å². The number of piperidine rings is 1. The molecule has 4 rings (SSSR count). The largest absolute Gasteiger partial charge is 0.465 e. The van der Waals surface area contributed by atoms with Crippen molar-refractivity contribution in [2.24, 2.45) is 5.92 Å². The van der Waals surface area contributed by atoms with Gasteiger partial charge < -0.3 is 14.9 Å². The number of fused-ring (bicyclic) bond motifs is 1. The average Bonchev–Trinajstić information content (AvgIpc) is 2.67. The van der Waals surface area contributed by atoms with Crippen LogP contribution in [0.3, 0.4) is 0 Å². The number of amides is 1. The van der Waals surface area contributed by atoms with Crippen LogP contribution in [0.1, 0.15) is 43.4 Å². The molecule has 0 spiro atoms. The predicted molar refractivity (Wildman–Crippen MR) is 110 cm³/mol. The number of hydrogen-bond donors (Lipinski definition) is 1. The van der Waals surface area contributed by atoms with Gasteiger partial charge in [0.25, 0.3) is 0 Å². The van der Waals surface area contributed by atoms with Crippen LogP contribution in [0.25, 0.3) is 16.3 Å². The minimum Gasteiger partial charge on any atom is -0.465 e. The normalized spacial score (nSPS) is 24.1. The van der Waals surface area contributed by atoms with Gasteiger partial charge in [-0.15, -0.1) is 0 Å². The quantitative estimate of drug-likeness (QED) is 0.815. The summed E-state index contributed by atoms with van der Waals surface area (Å²) in [5.74, 6) is 0.431. The van der Waals surface area contributed by atoms with E-state index >= 15 is 0 Å². The van der Waals surface area contributed by atoms with Crippen LogP contribution in [-0.4, -0.2) is 47.7 Å². The van der Waals surface area contributed by atoms with E-state index in [0.717, 1.165) is 37.9 Å². The van der Waals surface area contributed by atoms with E-state index < -0.39 is 6.09 Å². The molecule has 0 radical (unpaired) electrons. The minimum absolute atomic E-state index is 0.0331. The maximum atomic E-state index is 11.7. The van der Waals surface area contributed by atoms with E-state index in [0.29, 0.717) is 12.5 Å². The standard InChI is InChI=1S/C23H28N2O2/c1-16-3-8-22(25(15-16)23(26)27)20-7-5-17-4-6-19(13-21(17)14-20)18-9-11-24(2)12-10-18/h4-7,9,13-14,16,22H,3,8,10-12,15H2,1-2H3,(H,26,27)/t16-,22+/m0/s1. The molecule has 4 heteroatoms. The molecule has 0 saturated carbocycles. The first-order chi connectivity index (χ1) is 13.0. The second kappa shape index (κ2) is 7.35. The van der Waals surface area contributed by atoms with Gasteiger partial charge in [0.1, 0.15) is 0 Å². The molecule has 0 unspecified atom stereocenters. The molecule has 1 N–H and O–H groups in total. The van der Waals surface area contributed by atoms with Crippen LogP contribution in [0.15, 0.2) is 42.5 Å². The summed E-state index contributed by atoms with van der Waals surface area (Å²) in [6.07, 6.45) is 4.57. The van der Waals surface area contributed by atoms with Gasteiger partial charge in [-0.3, -0.25) is 0 Å². The third-order valence-corrected chi connectivity index (χ3v) is 6.10. The summed E-state index contributed by atoms with van der Waals surface area (Å²) in [4.78, 5) is 15.7. The Hall–Kier alpha value is -2.33. The molecule has 4 nitrogen and oxygen atoms in total. The summed E-state index contributed by atoms with van der Waals surface area (Å²) in [7, 11) is 2.15. The Bertz CT molecular complexity index is 889. The van der Waals surface area contributed by atoms with Crippen LogP contribution < -0.4 is 0 Å². The molecule has 0 aromatic heterocycles. The van der Waals surface area contributed by atoms with Crippen LogP contribution in [0, 0.1) is 5.92 Å². The Labute approximate surface area is 161 Å².